The van der Waals surface area contributed by atoms with Gasteiger partial charge in [0.2, 0.25) is 11.9 Å². The van der Waals surface area contributed by atoms with E-state index in [4.69, 9.17) is 0 Å². The number of hydrogen-bond acceptors (Lipinski definition) is 5. The van der Waals surface area contributed by atoms with Crippen LogP contribution in [-0.4, -0.2) is 25.5 Å². The summed E-state index contributed by atoms with van der Waals surface area (Å²) in [5.41, 5.74) is 3.61. The maximum Gasteiger partial charge on any atom is 0.247 e. The third kappa shape index (κ3) is 3.65. The fourth-order valence-corrected chi connectivity index (χ4v) is 2.49. The molecule has 7 nitrogen and oxygen atoms in total. The molecule has 7 heteroatoms. The first kappa shape index (κ1) is 16.6. The Morgan fingerprint density at radius 3 is 2.96 bits per heavy atom. The highest BCUT2D eigenvalue weighted by molar-refractivity contribution is 5.98. The molecule has 1 amide bonds. The van der Waals surface area contributed by atoms with Crippen LogP contribution in [0.4, 0.5) is 11.6 Å². The molecule has 0 fully saturated rings. The number of fused-ring (bicyclic) bond motifs is 1. The number of carbonyl (C=O) groups excluding carboxylic acids is 1. The fraction of sp³-hybridized carbons (Fsp3) is 0.222. The summed E-state index contributed by atoms with van der Waals surface area (Å²) in [6, 6.07) is 7.58. The summed E-state index contributed by atoms with van der Waals surface area (Å²) in [5.74, 6) is 0.725. The standard InChI is InChI=1S/C18H20N6O/c1-4-16(25)23-14-7-5-6-13(8-14)9-19-18-21-11-20-17-15(12(2)3)10-22-24(17)18/h4-8,10-12H,1,9H2,2-3H3,(H,23,25)(H,19,20,21). The zero-order valence-corrected chi connectivity index (χ0v) is 14.2. The molecule has 0 atom stereocenters. The third-order valence-corrected chi connectivity index (χ3v) is 3.78. The summed E-state index contributed by atoms with van der Waals surface area (Å²) in [4.78, 5) is 20.0. The predicted molar refractivity (Wildman–Crippen MR) is 97.5 cm³/mol. The number of aromatic nitrogens is 4. The summed E-state index contributed by atoms with van der Waals surface area (Å²) in [6.45, 7) is 8.21. The minimum Gasteiger partial charge on any atom is -0.350 e. The summed E-state index contributed by atoms with van der Waals surface area (Å²) < 4.78 is 1.71. The smallest absolute Gasteiger partial charge is 0.247 e. The van der Waals surface area contributed by atoms with Crippen molar-refractivity contribution in [1.29, 1.82) is 0 Å². The van der Waals surface area contributed by atoms with Crippen LogP contribution in [0.15, 0.2) is 49.4 Å². The lowest BCUT2D eigenvalue weighted by atomic mass is 10.1. The van der Waals surface area contributed by atoms with Crippen LogP contribution in [0.3, 0.4) is 0 Å². The third-order valence-electron chi connectivity index (χ3n) is 3.78. The topological polar surface area (TPSA) is 84.2 Å². The lowest BCUT2D eigenvalue weighted by molar-refractivity contribution is -0.111. The maximum atomic E-state index is 11.4. The molecule has 0 bridgehead atoms. The molecule has 25 heavy (non-hydrogen) atoms. The van der Waals surface area contributed by atoms with Gasteiger partial charge < -0.3 is 10.6 Å². The second-order valence-electron chi connectivity index (χ2n) is 5.93. The van der Waals surface area contributed by atoms with Crippen molar-refractivity contribution >= 4 is 23.2 Å². The van der Waals surface area contributed by atoms with Crippen molar-refractivity contribution in [2.45, 2.75) is 26.3 Å². The van der Waals surface area contributed by atoms with Gasteiger partial charge in [0.15, 0.2) is 5.65 Å². The molecule has 0 saturated carbocycles. The summed E-state index contributed by atoms with van der Waals surface area (Å²) >= 11 is 0. The van der Waals surface area contributed by atoms with Crippen LogP contribution in [0, 0.1) is 0 Å². The number of amides is 1. The van der Waals surface area contributed by atoms with E-state index in [9.17, 15) is 4.79 Å². The van der Waals surface area contributed by atoms with E-state index in [1.54, 1.807) is 4.52 Å². The van der Waals surface area contributed by atoms with Crippen LogP contribution in [0.25, 0.3) is 5.65 Å². The molecule has 3 rings (SSSR count). The molecule has 0 radical (unpaired) electrons. The molecule has 0 aliphatic rings. The van der Waals surface area contributed by atoms with Crippen LogP contribution < -0.4 is 10.6 Å². The maximum absolute atomic E-state index is 11.4. The van der Waals surface area contributed by atoms with Gasteiger partial charge in [0.1, 0.15) is 6.33 Å². The summed E-state index contributed by atoms with van der Waals surface area (Å²) in [6.07, 6.45) is 4.60. The van der Waals surface area contributed by atoms with E-state index < -0.39 is 0 Å². The molecule has 3 aromatic rings. The molecule has 2 aromatic heterocycles. The van der Waals surface area contributed by atoms with E-state index in [2.05, 4.69) is 46.1 Å². The zero-order valence-electron chi connectivity index (χ0n) is 14.2. The Labute approximate surface area is 145 Å². The Morgan fingerprint density at radius 2 is 2.20 bits per heavy atom. The Morgan fingerprint density at radius 1 is 1.36 bits per heavy atom. The number of nitrogens with one attached hydrogen (secondary N) is 2. The van der Waals surface area contributed by atoms with E-state index in [0.717, 1.165) is 22.5 Å². The van der Waals surface area contributed by atoms with Gasteiger partial charge >= 0.3 is 0 Å². The van der Waals surface area contributed by atoms with E-state index in [0.29, 0.717) is 18.4 Å². The van der Waals surface area contributed by atoms with Crippen molar-refractivity contribution in [3.8, 4) is 0 Å². The number of anilines is 2. The number of benzene rings is 1. The molecule has 0 unspecified atom stereocenters. The van der Waals surface area contributed by atoms with E-state index in [1.165, 1.54) is 12.4 Å². The molecule has 2 N–H and O–H groups in total. The first-order valence-electron chi connectivity index (χ1n) is 8.03. The first-order valence-corrected chi connectivity index (χ1v) is 8.03. The van der Waals surface area contributed by atoms with Gasteiger partial charge in [-0.2, -0.15) is 9.61 Å². The van der Waals surface area contributed by atoms with Gasteiger partial charge in [0.25, 0.3) is 0 Å². The molecule has 0 aliphatic heterocycles. The highest BCUT2D eigenvalue weighted by atomic mass is 16.1. The molecule has 0 saturated heterocycles. The van der Waals surface area contributed by atoms with Crippen LogP contribution in [0.1, 0.15) is 30.9 Å². The molecule has 0 aliphatic carbocycles. The minimum absolute atomic E-state index is 0.236. The van der Waals surface area contributed by atoms with Crippen LogP contribution in [0.5, 0.6) is 0 Å². The number of hydrogen-bond donors (Lipinski definition) is 2. The van der Waals surface area contributed by atoms with Crippen molar-refractivity contribution in [1.82, 2.24) is 19.6 Å². The molecular formula is C18H20N6O. The monoisotopic (exact) mass is 336 g/mol. The Bertz CT molecular complexity index is 915. The van der Waals surface area contributed by atoms with Crippen molar-refractivity contribution in [2.24, 2.45) is 0 Å². The zero-order chi connectivity index (χ0) is 17.8. The lowest BCUT2D eigenvalue weighted by Gasteiger charge is -2.09. The molecule has 1 aromatic carbocycles. The second-order valence-corrected chi connectivity index (χ2v) is 5.93. The van der Waals surface area contributed by atoms with Crippen molar-refractivity contribution < 1.29 is 4.79 Å². The largest absolute Gasteiger partial charge is 0.350 e. The van der Waals surface area contributed by atoms with Crippen molar-refractivity contribution in [3.63, 3.8) is 0 Å². The summed E-state index contributed by atoms with van der Waals surface area (Å²) in [7, 11) is 0. The molecule has 0 spiro atoms. The second kappa shape index (κ2) is 7.12. The van der Waals surface area contributed by atoms with Gasteiger partial charge in [-0.1, -0.05) is 32.6 Å². The van der Waals surface area contributed by atoms with Gasteiger partial charge in [0.05, 0.1) is 6.20 Å². The number of rotatable bonds is 6. The minimum atomic E-state index is -0.236. The molecule has 128 valence electrons. The van der Waals surface area contributed by atoms with Gasteiger partial charge in [-0.25, -0.2) is 9.97 Å². The van der Waals surface area contributed by atoms with Crippen molar-refractivity contribution in [3.05, 3.63) is 60.6 Å². The Kier molecular flexibility index (Phi) is 4.74. The van der Waals surface area contributed by atoms with Gasteiger partial charge in [-0.15, -0.1) is 0 Å². The van der Waals surface area contributed by atoms with Gasteiger partial charge in [-0.05, 0) is 29.7 Å². The number of carbonyl (C=O) groups is 1. The SMILES string of the molecule is C=CC(=O)Nc1cccc(CNc2ncnc3c(C(C)C)cnn23)c1. The van der Waals surface area contributed by atoms with Gasteiger partial charge in [0, 0.05) is 17.8 Å². The average molecular weight is 336 g/mol. The Hall–Kier alpha value is -3.22. The highest BCUT2D eigenvalue weighted by Crippen LogP contribution is 2.20. The predicted octanol–water partition coefficient (Wildman–Crippen LogP) is 2.98. The summed E-state index contributed by atoms with van der Waals surface area (Å²) in [5, 5.41) is 10.4. The lowest BCUT2D eigenvalue weighted by Crippen LogP contribution is -2.10. The van der Waals surface area contributed by atoms with Gasteiger partial charge in [-0.3, -0.25) is 4.79 Å². The normalized spacial score (nSPS) is 10.8. The van der Waals surface area contributed by atoms with E-state index >= 15 is 0 Å². The van der Waals surface area contributed by atoms with E-state index in [-0.39, 0.29) is 5.91 Å². The van der Waals surface area contributed by atoms with Crippen molar-refractivity contribution in [2.75, 3.05) is 10.6 Å². The van der Waals surface area contributed by atoms with Crippen LogP contribution >= 0.6 is 0 Å². The number of nitrogens with zero attached hydrogens (tertiary/aromatic N) is 4. The van der Waals surface area contributed by atoms with Crippen LogP contribution in [0.2, 0.25) is 0 Å². The Balaban J connectivity index is 1.78. The van der Waals surface area contributed by atoms with Crippen LogP contribution in [-0.2, 0) is 11.3 Å². The quantitative estimate of drug-likeness (QED) is 0.676. The first-order chi connectivity index (χ1) is 12.1. The molecular weight excluding hydrogens is 316 g/mol. The fourth-order valence-electron chi connectivity index (χ4n) is 2.49. The average Bonchev–Trinajstić information content (AvgIpc) is 3.05. The molecule has 2 heterocycles. The van der Waals surface area contributed by atoms with E-state index in [1.807, 2.05) is 30.5 Å². The highest BCUT2D eigenvalue weighted by Gasteiger charge is 2.12.